The van der Waals surface area contributed by atoms with Gasteiger partial charge in [-0.15, -0.1) is 11.3 Å². The molecule has 21 heavy (non-hydrogen) atoms. The number of nitrogens with one attached hydrogen (secondary N) is 1. The van der Waals surface area contributed by atoms with Crippen LogP contribution in [0.4, 0.5) is 5.69 Å². The minimum atomic E-state index is -0.0447. The van der Waals surface area contributed by atoms with E-state index in [9.17, 15) is 4.79 Å². The van der Waals surface area contributed by atoms with E-state index in [1.165, 1.54) is 30.6 Å². The maximum absolute atomic E-state index is 12.4. The summed E-state index contributed by atoms with van der Waals surface area (Å²) in [5.74, 6) is -0.0447. The molecule has 1 amide bonds. The Morgan fingerprint density at radius 3 is 2.76 bits per heavy atom. The van der Waals surface area contributed by atoms with Crippen LogP contribution in [0.25, 0.3) is 10.1 Å². The summed E-state index contributed by atoms with van der Waals surface area (Å²) < 4.78 is 1.07. The van der Waals surface area contributed by atoms with Gasteiger partial charge in [0.2, 0.25) is 0 Å². The summed E-state index contributed by atoms with van der Waals surface area (Å²) in [6.45, 7) is 4.27. The molecule has 114 valence electrons. The molecule has 0 aliphatic carbocycles. The Kier molecular flexibility index (Phi) is 5.62. The van der Waals surface area contributed by atoms with Crippen molar-refractivity contribution in [1.29, 1.82) is 0 Å². The molecule has 0 aliphatic rings. The SMILES string of the molecule is CCCCCCC(C)NC(=O)c1sc2ccccc2c1N. The minimum Gasteiger partial charge on any atom is -0.397 e. The van der Waals surface area contributed by atoms with Crippen LogP contribution in [0.1, 0.15) is 55.6 Å². The van der Waals surface area contributed by atoms with E-state index in [1.807, 2.05) is 24.3 Å². The standard InChI is InChI=1S/C17H24N2OS/c1-3-4-5-6-9-12(2)19-17(20)16-15(18)13-10-7-8-11-14(13)21-16/h7-8,10-12H,3-6,9,18H2,1-2H3,(H,19,20). The predicted molar refractivity (Wildman–Crippen MR) is 91.9 cm³/mol. The number of hydrogen-bond donors (Lipinski definition) is 2. The minimum absolute atomic E-state index is 0.0447. The third kappa shape index (κ3) is 3.97. The number of nitrogens with two attached hydrogens (primary N) is 1. The number of amides is 1. The Morgan fingerprint density at radius 2 is 2.05 bits per heavy atom. The van der Waals surface area contributed by atoms with E-state index >= 15 is 0 Å². The number of benzene rings is 1. The Balaban J connectivity index is 1.97. The number of hydrogen-bond acceptors (Lipinski definition) is 3. The topological polar surface area (TPSA) is 55.1 Å². The molecule has 0 bridgehead atoms. The predicted octanol–water partition coefficient (Wildman–Crippen LogP) is 4.57. The molecular formula is C17H24N2OS. The van der Waals surface area contributed by atoms with Gasteiger partial charge in [-0.1, -0.05) is 50.8 Å². The van der Waals surface area contributed by atoms with Crippen LogP contribution in [0.5, 0.6) is 0 Å². The van der Waals surface area contributed by atoms with Crippen LogP contribution in [0.2, 0.25) is 0 Å². The number of unbranched alkanes of at least 4 members (excludes halogenated alkanes) is 3. The first-order valence-corrected chi connectivity index (χ1v) is 8.53. The molecule has 0 spiro atoms. The molecule has 4 heteroatoms. The number of carbonyl (C=O) groups excluding carboxylic acids is 1. The maximum atomic E-state index is 12.4. The molecule has 3 N–H and O–H groups in total. The summed E-state index contributed by atoms with van der Waals surface area (Å²) in [5, 5.41) is 4.04. The Hall–Kier alpha value is -1.55. The highest BCUT2D eigenvalue weighted by Gasteiger charge is 2.17. The fourth-order valence-corrected chi connectivity index (χ4v) is 3.50. The smallest absolute Gasteiger partial charge is 0.263 e. The fraction of sp³-hybridized carbons (Fsp3) is 0.471. The van der Waals surface area contributed by atoms with Gasteiger partial charge in [0.1, 0.15) is 4.88 Å². The number of anilines is 1. The van der Waals surface area contributed by atoms with Crippen LogP contribution in [-0.2, 0) is 0 Å². The Morgan fingerprint density at radius 1 is 1.29 bits per heavy atom. The highest BCUT2D eigenvalue weighted by atomic mass is 32.1. The summed E-state index contributed by atoms with van der Waals surface area (Å²) in [4.78, 5) is 13.0. The lowest BCUT2D eigenvalue weighted by Gasteiger charge is -2.13. The second-order valence-electron chi connectivity index (χ2n) is 5.56. The molecule has 1 aromatic carbocycles. The van der Waals surface area contributed by atoms with Gasteiger partial charge in [-0.05, 0) is 19.4 Å². The van der Waals surface area contributed by atoms with Gasteiger partial charge in [-0.2, -0.15) is 0 Å². The summed E-state index contributed by atoms with van der Waals surface area (Å²) in [7, 11) is 0. The van der Waals surface area contributed by atoms with E-state index in [4.69, 9.17) is 5.73 Å². The van der Waals surface area contributed by atoms with Crippen LogP contribution in [0, 0.1) is 0 Å². The van der Waals surface area contributed by atoms with E-state index in [0.29, 0.717) is 10.6 Å². The van der Waals surface area contributed by atoms with Gasteiger partial charge in [0.05, 0.1) is 5.69 Å². The zero-order valence-corrected chi connectivity index (χ0v) is 13.6. The highest BCUT2D eigenvalue weighted by molar-refractivity contribution is 7.21. The number of carbonyl (C=O) groups is 1. The zero-order valence-electron chi connectivity index (χ0n) is 12.8. The first-order valence-electron chi connectivity index (χ1n) is 7.71. The summed E-state index contributed by atoms with van der Waals surface area (Å²) in [5.41, 5.74) is 6.71. The lowest BCUT2D eigenvalue weighted by atomic mass is 10.1. The largest absolute Gasteiger partial charge is 0.397 e. The molecule has 1 unspecified atom stereocenters. The van der Waals surface area contributed by atoms with Crippen LogP contribution in [-0.4, -0.2) is 11.9 Å². The van der Waals surface area contributed by atoms with Crippen LogP contribution < -0.4 is 11.1 Å². The van der Waals surface area contributed by atoms with Gasteiger partial charge in [0, 0.05) is 16.1 Å². The lowest BCUT2D eigenvalue weighted by Crippen LogP contribution is -2.32. The monoisotopic (exact) mass is 304 g/mol. The van der Waals surface area contributed by atoms with E-state index < -0.39 is 0 Å². The van der Waals surface area contributed by atoms with Crippen molar-refractivity contribution < 1.29 is 4.79 Å². The molecule has 0 aliphatic heterocycles. The van der Waals surface area contributed by atoms with Crippen molar-refractivity contribution in [3.63, 3.8) is 0 Å². The van der Waals surface area contributed by atoms with E-state index in [0.717, 1.165) is 22.9 Å². The van der Waals surface area contributed by atoms with Crippen molar-refractivity contribution >= 4 is 33.0 Å². The Labute approximate surface area is 130 Å². The molecule has 2 aromatic rings. The van der Waals surface area contributed by atoms with E-state index in [1.54, 1.807) is 0 Å². The van der Waals surface area contributed by atoms with Crippen molar-refractivity contribution in [1.82, 2.24) is 5.32 Å². The van der Waals surface area contributed by atoms with Crippen molar-refractivity contribution in [2.24, 2.45) is 0 Å². The Bertz CT molecular complexity index is 606. The highest BCUT2D eigenvalue weighted by Crippen LogP contribution is 2.33. The van der Waals surface area contributed by atoms with Crippen molar-refractivity contribution in [3.05, 3.63) is 29.1 Å². The third-order valence-corrected chi connectivity index (χ3v) is 4.89. The average molecular weight is 304 g/mol. The van der Waals surface area contributed by atoms with Crippen molar-refractivity contribution in [3.8, 4) is 0 Å². The number of nitrogen functional groups attached to an aromatic ring is 1. The molecule has 1 heterocycles. The maximum Gasteiger partial charge on any atom is 0.263 e. The molecular weight excluding hydrogens is 280 g/mol. The summed E-state index contributed by atoms with van der Waals surface area (Å²) in [6, 6.07) is 8.08. The molecule has 2 rings (SSSR count). The van der Waals surface area contributed by atoms with Gasteiger partial charge >= 0.3 is 0 Å². The molecule has 0 saturated carbocycles. The normalized spacial score (nSPS) is 12.5. The molecule has 1 atom stereocenters. The van der Waals surface area contributed by atoms with Crippen LogP contribution >= 0.6 is 11.3 Å². The first-order chi connectivity index (χ1) is 10.1. The quantitative estimate of drug-likeness (QED) is 0.736. The zero-order chi connectivity index (χ0) is 15.2. The van der Waals surface area contributed by atoms with E-state index in [-0.39, 0.29) is 11.9 Å². The second kappa shape index (κ2) is 7.46. The van der Waals surface area contributed by atoms with Gasteiger partial charge in [0.15, 0.2) is 0 Å². The van der Waals surface area contributed by atoms with Crippen LogP contribution in [0.15, 0.2) is 24.3 Å². The van der Waals surface area contributed by atoms with Crippen molar-refractivity contribution in [2.75, 3.05) is 5.73 Å². The lowest BCUT2D eigenvalue weighted by molar-refractivity contribution is 0.0943. The molecule has 0 radical (unpaired) electrons. The first kappa shape index (κ1) is 15.8. The molecule has 1 aromatic heterocycles. The molecule has 0 saturated heterocycles. The third-order valence-electron chi connectivity index (χ3n) is 3.71. The van der Waals surface area contributed by atoms with Gasteiger partial charge in [-0.25, -0.2) is 0 Å². The average Bonchev–Trinajstić information content (AvgIpc) is 2.81. The molecule has 0 fully saturated rings. The van der Waals surface area contributed by atoms with Crippen molar-refractivity contribution in [2.45, 2.75) is 52.0 Å². The number of rotatable bonds is 7. The summed E-state index contributed by atoms with van der Waals surface area (Å²) >= 11 is 1.47. The second-order valence-corrected chi connectivity index (χ2v) is 6.62. The number of thiophene rings is 1. The van der Waals surface area contributed by atoms with Gasteiger partial charge in [-0.3, -0.25) is 4.79 Å². The van der Waals surface area contributed by atoms with E-state index in [2.05, 4.69) is 19.2 Å². The van der Waals surface area contributed by atoms with Gasteiger partial charge in [0.25, 0.3) is 5.91 Å². The van der Waals surface area contributed by atoms with Gasteiger partial charge < -0.3 is 11.1 Å². The molecule has 3 nitrogen and oxygen atoms in total. The number of fused-ring (bicyclic) bond motifs is 1. The fourth-order valence-electron chi connectivity index (χ4n) is 2.47. The summed E-state index contributed by atoms with van der Waals surface area (Å²) in [6.07, 6.45) is 5.93. The van der Waals surface area contributed by atoms with Crippen LogP contribution in [0.3, 0.4) is 0 Å².